The molecule has 4 heteroatoms. The molecule has 2 nitrogen and oxygen atoms in total. The Bertz CT molecular complexity index is 3970. The average Bonchev–Trinajstić information content (AvgIpc) is 1.35. The van der Waals surface area contributed by atoms with E-state index in [1.165, 1.54) is 150 Å². The summed E-state index contributed by atoms with van der Waals surface area (Å²) in [5, 5.41) is 1.46. The molecule has 0 unspecified atom stereocenters. The van der Waals surface area contributed by atoms with E-state index in [0.29, 0.717) is 0 Å². The first-order valence-electron chi connectivity index (χ1n) is 32.5. The Morgan fingerprint density at radius 2 is 0.988 bits per heavy atom. The summed E-state index contributed by atoms with van der Waals surface area (Å²) >= 11 is 2.14. The van der Waals surface area contributed by atoms with E-state index < -0.39 is 0 Å². The lowest BCUT2D eigenvalue weighted by molar-refractivity contribution is 0.188. The van der Waals surface area contributed by atoms with E-state index in [1.807, 2.05) is 0 Å². The molecule has 5 aliphatic carbocycles. The zero-order valence-electron chi connectivity index (χ0n) is 54.0. The molecule has 0 atom stereocenters. The minimum absolute atomic E-state index is 0.0102. The van der Waals surface area contributed by atoms with Gasteiger partial charge in [0, 0.05) is 45.0 Å². The predicted molar refractivity (Wildman–Crippen MR) is 365 cm³/mol. The Balaban J connectivity index is 1.05. The van der Waals surface area contributed by atoms with E-state index >= 15 is 0 Å². The molecule has 432 valence electrons. The van der Waals surface area contributed by atoms with Crippen molar-refractivity contribution in [2.24, 2.45) is 5.41 Å². The molecule has 7 aromatic carbocycles. The van der Waals surface area contributed by atoms with Crippen molar-refractivity contribution < 1.29 is 0 Å². The maximum atomic E-state index is 2.88. The SMILES string of the molecule is CC(C)(C)Cc1cc2c3c(c1)N(Cc1ccc(C(C)(C)C)cc1-c1ccccc1)c1c(sc4cc5c(cc14)C1(C)CCC5(C)CC1)B3c1cc3c(cc1N2CCc1cc2c(cc1-c1ccccc1)C(C)(C)CCC2(C)C)C(C)(C)CCC3(C)C. The third-order valence-corrected chi connectivity index (χ3v) is 23.9. The molecule has 15 rings (SSSR count). The van der Waals surface area contributed by atoms with Gasteiger partial charge in [0.2, 0.25) is 0 Å². The van der Waals surface area contributed by atoms with Crippen LogP contribution in [0.25, 0.3) is 32.3 Å². The number of rotatable bonds is 8. The van der Waals surface area contributed by atoms with Gasteiger partial charge in [-0.25, -0.2) is 0 Å². The fraction of sp³-hybridized carbons (Fsp3) is 0.450. The van der Waals surface area contributed by atoms with Crippen LogP contribution in [0.15, 0.2) is 127 Å². The van der Waals surface area contributed by atoms with Gasteiger partial charge in [-0.3, -0.25) is 0 Å². The molecule has 0 radical (unpaired) electrons. The lowest BCUT2D eigenvalue weighted by atomic mass is 9.35. The van der Waals surface area contributed by atoms with Crippen LogP contribution < -0.4 is 25.5 Å². The highest BCUT2D eigenvalue weighted by Crippen LogP contribution is 2.59. The minimum Gasteiger partial charge on any atom is -0.342 e. The van der Waals surface area contributed by atoms with Crippen LogP contribution in [0.1, 0.15) is 218 Å². The van der Waals surface area contributed by atoms with E-state index in [-0.39, 0.29) is 50.0 Å². The van der Waals surface area contributed by atoms with Crippen molar-refractivity contribution in [1.82, 2.24) is 0 Å². The van der Waals surface area contributed by atoms with Gasteiger partial charge >= 0.3 is 0 Å². The molecule has 8 aromatic rings. The van der Waals surface area contributed by atoms with Gasteiger partial charge < -0.3 is 9.80 Å². The first-order valence-corrected chi connectivity index (χ1v) is 33.3. The molecular weight excluding hydrogens is 1030 g/mol. The minimum atomic E-state index is 0.0102. The van der Waals surface area contributed by atoms with Crippen LogP contribution in [0, 0.1) is 5.41 Å². The number of anilines is 4. The summed E-state index contributed by atoms with van der Waals surface area (Å²) in [4.78, 5) is 5.75. The fourth-order valence-electron chi connectivity index (χ4n) is 17.0. The third-order valence-electron chi connectivity index (χ3n) is 22.7. The summed E-state index contributed by atoms with van der Waals surface area (Å²) in [7, 11) is 0. The zero-order chi connectivity index (χ0) is 59.1. The topological polar surface area (TPSA) is 6.48 Å². The molecule has 7 aliphatic rings. The molecule has 1 aromatic heterocycles. The quantitative estimate of drug-likeness (QED) is 0.140. The first-order chi connectivity index (χ1) is 39.5. The molecule has 84 heavy (non-hydrogen) atoms. The van der Waals surface area contributed by atoms with Crippen molar-refractivity contribution in [2.75, 3.05) is 16.3 Å². The van der Waals surface area contributed by atoms with Crippen molar-refractivity contribution in [3.05, 3.63) is 183 Å². The Kier molecular flexibility index (Phi) is 12.6. The lowest BCUT2D eigenvalue weighted by Gasteiger charge is -2.52. The number of hydrogen-bond acceptors (Lipinski definition) is 3. The smallest absolute Gasteiger partial charge is 0.264 e. The van der Waals surface area contributed by atoms with Crippen LogP contribution in [0.2, 0.25) is 0 Å². The maximum absolute atomic E-state index is 2.88. The first kappa shape index (κ1) is 56.0. The van der Waals surface area contributed by atoms with Crippen LogP contribution in [0.3, 0.4) is 0 Å². The number of fused-ring (bicyclic) bond motifs is 10. The molecule has 0 N–H and O–H groups in total. The van der Waals surface area contributed by atoms with Gasteiger partial charge in [-0.2, -0.15) is 0 Å². The Morgan fingerprint density at radius 1 is 0.476 bits per heavy atom. The molecule has 1 saturated carbocycles. The summed E-state index contributed by atoms with van der Waals surface area (Å²) in [6, 6.07) is 51.9. The van der Waals surface area contributed by atoms with Gasteiger partial charge in [-0.05, 0) is 227 Å². The van der Waals surface area contributed by atoms with E-state index in [1.54, 1.807) is 27.8 Å². The molecule has 3 heterocycles. The monoisotopic (exact) mass is 1120 g/mol. The molecule has 1 fully saturated rings. The van der Waals surface area contributed by atoms with Crippen molar-refractivity contribution in [1.29, 1.82) is 0 Å². The summed E-state index contributed by atoms with van der Waals surface area (Å²) < 4.78 is 2.99. The van der Waals surface area contributed by atoms with Crippen LogP contribution in [-0.2, 0) is 57.3 Å². The summed E-state index contributed by atoms with van der Waals surface area (Å²) in [5.74, 6) is 0. The highest BCUT2D eigenvalue weighted by molar-refractivity contribution is 7.33. The van der Waals surface area contributed by atoms with Gasteiger partial charge in [0.25, 0.3) is 6.71 Å². The second kappa shape index (κ2) is 18.8. The third kappa shape index (κ3) is 8.96. The Labute approximate surface area is 510 Å². The Hall–Kier alpha value is -5.84. The molecule has 0 spiro atoms. The number of nitrogens with zero attached hydrogens (tertiary/aromatic N) is 2. The van der Waals surface area contributed by atoms with Crippen molar-refractivity contribution >= 4 is 66.6 Å². The second-order valence-electron chi connectivity index (χ2n) is 32.9. The van der Waals surface area contributed by atoms with Gasteiger partial charge in [-0.15, -0.1) is 11.3 Å². The van der Waals surface area contributed by atoms with Gasteiger partial charge in [-0.1, -0.05) is 208 Å². The highest BCUT2D eigenvalue weighted by atomic mass is 32.1. The van der Waals surface area contributed by atoms with Crippen LogP contribution in [0.4, 0.5) is 22.7 Å². The van der Waals surface area contributed by atoms with E-state index in [4.69, 9.17) is 0 Å². The standard InChI is InChI=1S/C80H93BN2S/c1-73(2,3)48-50-39-67-70-68(40-50)83(49-54-27-28-55(74(4,5)6)42-56(54)51-23-19-17-20-24-51)71-58-44-63-64(80(16)36-34-79(63,15)35-37-80)47-69(58)84-72(71)81(70)65-45-61-62(78(13,14)33-32-77(61,11)12)46-66(65)82(67)38-29-53-41-59-60(76(9,10)31-30-75(59,7)8)43-57(53)52-25-21-18-22-26-52/h17-28,39-47H,29-38,48-49H2,1-16H3. The lowest BCUT2D eigenvalue weighted by Crippen LogP contribution is -2.62. The van der Waals surface area contributed by atoms with Crippen LogP contribution in [0.5, 0.6) is 0 Å². The molecule has 0 saturated heterocycles. The number of thiophene rings is 1. The molecule has 0 amide bonds. The van der Waals surface area contributed by atoms with Gasteiger partial charge in [0.1, 0.15) is 0 Å². The number of hydrogen-bond donors (Lipinski definition) is 0. The predicted octanol–water partition coefficient (Wildman–Crippen LogP) is 19.8. The molecule has 2 bridgehead atoms. The Morgan fingerprint density at radius 3 is 1.55 bits per heavy atom. The van der Waals surface area contributed by atoms with E-state index in [0.717, 1.165) is 25.9 Å². The maximum Gasteiger partial charge on any atom is 0.264 e. The number of benzene rings is 7. The van der Waals surface area contributed by atoms with Crippen LogP contribution >= 0.6 is 11.3 Å². The fourth-order valence-corrected chi connectivity index (χ4v) is 18.4. The van der Waals surface area contributed by atoms with Crippen molar-refractivity contribution in [2.45, 2.75) is 219 Å². The van der Waals surface area contributed by atoms with E-state index in [2.05, 4.69) is 259 Å². The molecule has 2 aliphatic heterocycles. The summed E-state index contributed by atoms with van der Waals surface area (Å²) in [5.41, 5.74) is 30.0. The normalized spacial score (nSPS) is 22.0. The highest BCUT2D eigenvalue weighted by Gasteiger charge is 2.51. The average molecular weight is 1130 g/mol. The van der Waals surface area contributed by atoms with E-state index in [9.17, 15) is 0 Å². The second-order valence-corrected chi connectivity index (χ2v) is 34.0. The van der Waals surface area contributed by atoms with Gasteiger partial charge in [0.15, 0.2) is 0 Å². The van der Waals surface area contributed by atoms with Crippen molar-refractivity contribution in [3.8, 4) is 22.3 Å². The van der Waals surface area contributed by atoms with Gasteiger partial charge in [0.05, 0.1) is 5.69 Å². The summed E-state index contributed by atoms with van der Waals surface area (Å²) in [6.07, 6.45) is 11.8. The zero-order valence-corrected chi connectivity index (χ0v) is 54.8. The van der Waals surface area contributed by atoms with Crippen LogP contribution in [-0.4, -0.2) is 13.3 Å². The largest absolute Gasteiger partial charge is 0.342 e. The van der Waals surface area contributed by atoms with Crippen molar-refractivity contribution in [3.63, 3.8) is 0 Å². The summed E-state index contributed by atoms with van der Waals surface area (Å²) in [6.45, 7) is 41.5. The molecular formula is C80H93BN2S.